The van der Waals surface area contributed by atoms with E-state index in [0.717, 1.165) is 20.5 Å². The van der Waals surface area contributed by atoms with Gasteiger partial charge in [0.15, 0.2) is 0 Å². The number of carbonyl (C=O) groups is 1. The minimum atomic E-state index is -0.0453. The second-order valence-corrected chi connectivity index (χ2v) is 6.16. The fraction of sp³-hybridized carbons (Fsp3) is 0.214. The van der Waals surface area contributed by atoms with Gasteiger partial charge >= 0.3 is 0 Å². The lowest BCUT2D eigenvalue weighted by Crippen LogP contribution is -2.26. The van der Waals surface area contributed by atoms with E-state index in [9.17, 15) is 4.79 Å². The molecule has 1 heterocycles. The molecule has 1 aromatic carbocycles. The fourth-order valence-corrected chi connectivity index (χ4v) is 3.07. The highest BCUT2D eigenvalue weighted by molar-refractivity contribution is 9.11. The molecule has 100 valence electrons. The molecule has 0 aliphatic rings. The Morgan fingerprint density at radius 1 is 1.21 bits per heavy atom. The molecular formula is C14H13Br2NO2. The van der Waals surface area contributed by atoms with Crippen LogP contribution in [0, 0.1) is 6.92 Å². The van der Waals surface area contributed by atoms with E-state index in [1.165, 1.54) is 0 Å². The van der Waals surface area contributed by atoms with Crippen LogP contribution in [0.25, 0.3) is 0 Å². The Morgan fingerprint density at radius 2 is 1.84 bits per heavy atom. The third-order valence-corrected chi connectivity index (χ3v) is 3.56. The van der Waals surface area contributed by atoms with Crippen LogP contribution in [0.15, 0.2) is 43.7 Å². The monoisotopic (exact) mass is 385 g/mol. The Balaban J connectivity index is 2.14. The summed E-state index contributed by atoms with van der Waals surface area (Å²) in [6.07, 6.45) is 0. The van der Waals surface area contributed by atoms with Crippen molar-refractivity contribution in [3.63, 3.8) is 0 Å². The zero-order valence-electron chi connectivity index (χ0n) is 10.6. The SMILES string of the molecule is Cc1ccc(CN(C)C(=O)c2cc(Br)cc(Br)c2)o1. The maximum atomic E-state index is 12.3. The summed E-state index contributed by atoms with van der Waals surface area (Å²) in [5.74, 6) is 1.58. The van der Waals surface area contributed by atoms with Gasteiger partial charge in [0.25, 0.3) is 5.91 Å². The van der Waals surface area contributed by atoms with Gasteiger partial charge in [-0.15, -0.1) is 0 Å². The highest BCUT2D eigenvalue weighted by atomic mass is 79.9. The molecule has 0 saturated heterocycles. The van der Waals surface area contributed by atoms with Crippen LogP contribution >= 0.6 is 31.9 Å². The number of amides is 1. The van der Waals surface area contributed by atoms with Crippen molar-refractivity contribution in [1.82, 2.24) is 4.90 Å². The molecule has 0 fully saturated rings. The van der Waals surface area contributed by atoms with Crippen LogP contribution < -0.4 is 0 Å². The Labute approximate surface area is 128 Å². The van der Waals surface area contributed by atoms with Crippen molar-refractivity contribution in [3.8, 4) is 0 Å². The Morgan fingerprint density at radius 3 is 2.37 bits per heavy atom. The van der Waals surface area contributed by atoms with Crippen molar-refractivity contribution < 1.29 is 9.21 Å². The smallest absolute Gasteiger partial charge is 0.254 e. The number of hydrogen-bond donors (Lipinski definition) is 0. The third kappa shape index (κ3) is 3.70. The molecule has 1 aromatic heterocycles. The predicted octanol–water partition coefficient (Wildman–Crippen LogP) is 4.39. The number of nitrogens with zero attached hydrogens (tertiary/aromatic N) is 1. The molecule has 2 aromatic rings. The van der Waals surface area contributed by atoms with E-state index in [4.69, 9.17) is 4.42 Å². The molecule has 1 amide bonds. The van der Waals surface area contributed by atoms with Gasteiger partial charge in [-0.05, 0) is 37.3 Å². The van der Waals surface area contributed by atoms with Gasteiger partial charge in [-0.2, -0.15) is 0 Å². The van der Waals surface area contributed by atoms with Crippen molar-refractivity contribution in [2.45, 2.75) is 13.5 Å². The first-order valence-electron chi connectivity index (χ1n) is 5.72. The standard InChI is InChI=1S/C14H13Br2NO2/c1-9-3-4-13(19-9)8-17(2)14(18)10-5-11(15)7-12(16)6-10/h3-7H,8H2,1-2H3. The molecule has 0 N–H and O–H groups in total. The lowest BCUT2D eigenvalue weighted by molar-refractivity contribution is 0.0775. The average molecular weight is 387 g/mol. The quantitative estimate of drug-likeness (QED) is 0.783. The zero-order valence-corrected chi connectivity index (χ0v) is 13.8. The highest BCUT2D eigenvalue weighted by Crippen LogP contribution is 2.21. The van der Waals surface area contributed by atoms with Crippen molar-refractivity contribution in [3.05, 3.63) is 56.4 Å². The number of furan rings is 1. The van der Waals surface area contributed by atoms with Crippen molar-refractivity contribution >= 4 is 37.8 Å². The molecule has 5 heteroatoms. The number of rotatable bonds is 3. The molecule has 0 radical (unpaired) electrons. The summed E-state index contributed by atoms with van der Waals surface area (Å²) in [6.45, 7) is 2.34. The summed E-state index contributed by atoms with van der Waals surface area (Å²) in [5, 5.41) is 0. The van der Waals surface area contributed by atoms with Gasteiger partial charge in [0.2, 0.25) is 0 Å². The number of halogens is 2. The van der Waals surface area contributed by atoms with Gasteiger partial charge < -0.3 is 9.32 Å². The van der Waals surface area contributed by atoms with Crippen LogP contribution in [-0.2, 0) is 6.54 Å². The number of aryl methyl sites for hydroxylation is 1. The lowest BCUT2D eigenvalue weighted by atomic mass is 10.2. The summed E-state index contributed by atoms with van der Waals surface area (Å²) in [4.78, 5) is 13.9. The van der Waals surface area contributed by atoms with Crippen LogP contribution in [0.1, 0.15) is 21.9 Å². The molecule has 19 heavy (non-hydrogen) atoms. The maximum Gasteiger partial charge on any atom is 0.254 e. The van der Waals surface area contributed by atoms with Gasteiger partial charge in [0, 0.05) is 21.6 Å². The summed E-state index contributed by atoms with van der Waals surface area (Å²) < 4.78 is 7.21. The van der Waals surface area contributed by atoms with Crippen LogP contribution in [0.2, 0.25) is 0 Å². The van der Waals surface area contributed by atoms with E-state index in [2.05, 4.69) is 31.9 Å². The largest absolute Gasteiger partial charge is 0.464 e. The van der Waals surface area contributed by atoms with Crippen LogP contribution in [0.4, 0.5) is 0 Å². The minimum Gasteiger partial charge on any atom is -0.464 e. The summed E-state index contributed by atoms with van der Waals surface area (Å²) in [7, 11) is 1.76. The lowest BCUT2D eigenvalue weighted by Gasteiger charge is -2.16. The minimum absolute atomic E-state index is 0.0453. The van der Waals surface area contributed by atoms with E-state index in [1.54, 1.807) is 24.1 Å². The van der Waals surface area contributed by atoms with Crippen molar-refractivity contribution in [1.29, 1.82) is 0 Å². The highest BCUT2D eigenvalue weighted by Gasteiger charge is 2.14. The summed E-state index contributed by atoms with van der Waals surface area (Å²) in [5.41, 5.74) is 0.632. The molecule has 3 nitrogen and oxygen atoms in total. The average Bonchev–Trinajstić information content (AvgIpc) is 2.72. The topological polar surface area (TPSA) is 33.5 Å². The van der Waals surface area contributed by atoms with E-state index in [0.29, 0.717) is 12.1 Å². The molecule has 2 rings (SSSR count). The molecule has 0 atom stereocenters. The van der Waals surface area contributed by atoms with E-state index in [-0.39, 0.29) is 5.91 Å². The second kappa shape index (κ2) is 5.92. The molecule has 0 spiro atoms. The van der Waals surface area contributed by atoms with Crippen LogP contribution in [0.5, 0.6) is 0 Å². The number of carbonyl (C=O) groups excluding carboxylic acids is 1. The van der Waals surface area contributed by atoms with Crippen molar-refractivity contribution in [2.24, 2.45) is 0 Å². The fourth-order valence-electron chi connectivity index (χ4n) is 1.77. The van der Waals surface area contributed by atoms with Gasteiger partial charge in [-0.25, -0.2) is 0 Å². The Kier molecular flexibility index (Phi) is 4.47. The number of hydrogen-bond acceptors (Lipinski definition) is 2. The zero-order chi connectivity index (χ0) is 14.0. The molecular weight excluding hydrogens is 374 g/mol. The molecule has 0 aliphatic heterocycles. The van der Waals surface area contributed by atoms with Crippen LogP contribution in [0.3, 0.4) is 0 Å². The summed E-state index contributed by atoms with van der Waals surface area (Å²) in [6, 6.07) is 9.28. The molecule has 0 saturated carbocycles. The van der Waals surface area contributed by atoms with Crippen LogP contribution in [-0.4, -0.2) is 17.9 Å². The van der Waals surface area contributed by atoms with E-state index < -0.39 is 0 Å². The third-order valence-electron chi connectivity index (χ3n) is 2.65. The normalized spacial score (nSPS) is 10.5. The first kappa shape index (κ1) is 14.3. The Bertz CT molecular complexity index is 587. The predicted molar refractivity (Wildman–Crippen MR) is 81.1 cm³/mol. The van der Waals surface area contributed by atoms with Gasteiger partial charge in [-0.1, -0.05) is 31.9 Å². The first-order valence-corrected chi connectivity index (χ1v) is 7.31. The number of benzene rings is 1. The summed E-state index contributed by atoms with van der Waals surface area (Å²) >= 11 is 6.76. The van der Waals surface area contributed by atoms with Crippen molar-refractivity contribution in [2.75, 3.05) is 7.05 Å². The first-order chi connectivity index (χ1) is 8.95. The van der Waals surface area contributed by atoms with E-state index in [1.807, 2.05) is 25.1 Å². The van der Waals surface area contributed by atoms with Gasteiger partial charge in [-0.3, -0.25) is 4.79 Å². The molecule has 0 bridgehead atoms. The maximum absolute atomic E-state index is 12.3. The Hall–Kier alpha value is -1.07. The van der Waals surface area contributed by atoms with Gasteiger partial charge in [0.1, 0.15) is 11.5 Å². The second-order valence-electron chi connectivity index (χ2n) is 4.33. The molecule has 0 unspecified atom stereocenters. The van der Waals surface area contributed by atoms with E-state index >= 15 is 0 Å². The molecule has 0 aliphatic carbocycles. The van der Waals surface area contributed by atoms with Gasteiger partial charge in [0.05, 0.1) is 6.54 Å².